The molecule has 1 aromatic heterocycles. The summed E-state index contributed by atoms with van der Waals surface area (Å²) >= 11 is 0. The first-order valence-electron chi connectivity index (χ1n) is 9.47. The molecule has 1 aliphatic heterocycles. The maximum atomic E-state index is 5.65. The van der Waals surface area contributed by atoms with Gasteiger partial charge in [0.05, 0.1) is 6.61 Å². The Bertz CT molecular complexity index is 547. The molecule has 0 amide bonds. The van der Waals surface area contributed by atoms with Crippen molar-refractivity contribution in [1.29, 1.82) is 0 Å². The Hall–Kier alpha value is -1.82. The lowest BCUT2D eigenvalue weighted by atomic mass is 10.1. The zero-order chi connectivity index (χ0) is 17.5. The zero-order valence-corrected chi connectivity index (χ0v) is 15.5. The summed E-state index contributed by atoms with van der Waals surface area (Å²) in [5.41, 5.74) is 1.20. The Morgan fingerprint density at radius 2 is 2.08 bits per heavy atom. The van der Waals surface area contributed by atoms with Gasteiger partial charge in [0.25, 0.3) is 0 Å². The molecule has 2 heterocycles. The third kappa shape index (κ3) is 5.88. The summed E-state index contributed by atoms with van der Waals surface area (Å²) in [6.07, 6.45) is 6.81. The quantitative estimate of drug-likeness (QED) is 0.449. The van der Waals surface area contributed by atoms with Crippen molar-refractivity contribution in [2.75, 3.05) is 44.8 Å². The minimum absolute atomic E-state index is 0.459. The average Bonchev–Trinajstić information content (AvgIpc) is 3.46. The lowest BCUT2D eigenvalue weighted by Gasteiger charge is -2.33. The van der Waals surface area contributed by atoms with Crippen molar-refractivity contribution in [3.8, 4) is 0 Å². The van der Waals surface area contributed by atoms with Gasteiger partial charge in [-0.15, -0.1) is 0 Å². The summed E-state index contributed by atoms with van der Waals surface area (Å²) in [4.78, 5) is 11.2. The van der Waals surface area contributed by atoms with Gasteiger partial charge in [0.15, 0.2) is 5.96 Å². The molecule has 2 N–H and O–H groups in total. The van der Waals surface area contributed by atoms with Crippen molar-refractivity contribution in [2.45, 2.75) is 38.6 Å². The normalized spacial score (nSPS) is 19.1. The Kier molecular flexibility index (Phi) is 6.50. The second-order valence-electron chi connectivity index (χ2n) is 7.12. The van der Waals surface area contributed by atoms with E-state index in [1.54, 1.807) is 0 Å². The number of pyridine rings is 1. The Morgan fingerprint density at radius 3 is 2.72 bits per heavy atom. The number of nitrogens with one attached hydrogen (secondary N) is 2. The maximum absolute atomic E-state index is 5.65. The van der Waals surface area contributed by atoms with Crippen molar-refractivity contribution in [3.05, 3.63) is 23.9 Å². The van der Waals surface area contributed by atoms with Gasteiger partial charge in [0.2, 0.25) is 0 Å². The van der Waals surface area contributed by atoms with Crippen LogP contribution in [0, 0.1) is 12.8 Å². The second kappa shape index (κ2) is 9.04. The van der Waals surface area contributed by atoms with Crippen molar-refractivity contribution >= 4 is 11.8 Å². The van der Waals surface area contributed by atoms with Crippen molar-refractivity contribution in [3.63, 3.8) is 0 Å². The van der Waals surface area contributed by atoms with E-state index in [0.29, 0.717) is 6.04 Å². The van der Waals surface area contributed by atoms with Crippen LogP contribution in [0.4, 0.5) is 5.82 Å². The molecule has 0 aromatic carbocycles. The number of aliphatic imine (C=N–C) groups is 1. The van der Waals surface area contributed by atoms with E-state index in [2.05, 4.69) is 44.6 Å². The molecule has 0 bridgehead atoms. The number of piperidine rings is 1. The van der Waals surface area contributed by atoms with Crippen LogP contribution in [-0.2, 0) is 4.74 Å². The summed E-state index contributed by atoms with van der Waals surface area (Å²) in [6.45, 7) is 6.58. The molecule has 1 aromatic rings. The topological polar surface area (TPSA) is 61.8 Å². The van der Waals surface area contributed by atoms with E-state index in [0.717, 1.165) is 63.4 Å². The minimum atomic E-state index is 0.459. The van der Waals surface area contributed by atoms with Crippen LogP contribution >= 0.6 is 0 Å². The second-order valence-corrected chi connectivity index (χ2v) is 7.12. The molecule has 0 radical (unpaired) electrons. The molecule has 6 heteroatoms. The molecule has 0 atom stereocenters. The number of guanidine groups is 1. The molecule has 138 valence electrons. The van der Waals surface area contributed by atoms with Crippen LogP contribution in [-0.4, -0.2) is 56.9 Å². The van der Waals surface area contributed by atoms with Crippen molar-refractivity contribution in [2.24, 2.45) is 10.9 Å². The van der Waals surface area contributed by atoms with Crippen LogP contribution in [0.15, 0.2) is 23.3 Å². The minimum Gasteiger partial charge on any atom is -0.379 e. The molecule has 3 rings (SSSR count). The molecule has 0 spiro atoms. The predicted octanol–water partition coefficient (Wildman–Crippen LogP) is 1.95. The molecule has 25 heavy (non-hydrogen) atoms. The van der Waals surface area contributed by atoms with E-state index in [4.69, 9.17) is 4.74 Å². The zero-order valence-electron chi connectivity index (χ0n) is 15.5. The number of nitrogens with zero attached hydrogens (tertiary/aromatic N) is 3. The van der Waals surface area contributed by atoms with Gasteiger partial charge in [0.1, 0.15) is 5.82 Å². The predicted molar refractivity (Wildman–Crippen MR) is 102 cm³/mol. The fraction of sp³-hybridized carbons (Fsp3) is 0.684. The monoisotopic (exact) mass is 345 g/mol. The van der Waals surface area contributed by atoms with Crippen LogP contribution in [0.5, 0.6) is 0 Å². The molecule has 0 unspecified atom stereocenters. The third-order valence-corrected chi connectivity index (χ3v) is 4.87. The van der Waals surface area contributed by atoms with Gasteiger partial charge in [0, 0.05) is 45.5 Å². The fourth-order valence-corrected chi connectivity index (χ4v) is 3.06. The lowest BCUT2D eigenvalue weighted by Crippen LogP contribution is -2.49. The van der Waals surface area contributed by atoms with Gasteiger partial charge >= 0.3 is 0 Å². The molecule has 6 nitrogen and oxygen atoms in total. The average molecular weight is 345 g/mol. The molecule has 1 aliphatic carbocycles. The van der Waals surface area contributed by atoms with Crippen LogP contribution < -0.4 is 15.5 Å². The van der Waals surface area contributed by atoms with Gasteiger partial charge in [-0.3, -0.25) is 4.99 Å². The summed E-state index contributed by atoms with van der Waals surface area (Å²) in [6, 6.07) is 4.70. The summed E-state index contributed by atoms with van der Waals surface area (Å²) in [5.74, 6) is 2.78. The van der Waals surface area contributed by atoms with Gasteiger partial charge < -0.3 is 20.3 Å². The molecular formula is C19H31N5O. The van der Waals surface area contributed by atoms with Crippen LogP contribution in [0.3, 0.4) is 0 Å². The SMILES string of the molecule is CN=C(NCCOCC1CC1)NC1CCN(c2ccc(C)cn2)CC1. The van der Waals surface area contributed by atoms with E-state index in [1.807, 2.05) is 13.2 Å². The maximum Gasteiger partial charge on any atom is 0.191 e. The lowest BCUT2D eigenvalue weighted by molar-refractivity contribution is 0.129. The van der Waals surface area contributed by atoms with Crippen molar-refractivity contribution < 1.29 is 4.74 Å². The van der Waals surface area contributed by atoms with E-state index in [-0.39, 0.29) is 0 Å². The first kappa shape index (κ1) is 18.0. The Balaban J connectivity index is 1.34. The fourth-order valence-electron chi connectivity index (χ4n) is 3.06. The van der Waals surface area contributed by atoms with E-state index in [9.17, 15) is 0 Å². The Morgan fingerprint density at radius 1 is 1.28 bits per heavy atom. The number of anilines is 1. The standard InChI is InChI=1S/C19H31N5O/c1-15-3-6-18(22-13-15)24-10-7-17(8-11-24)23-19(20-2)21-9-12-25-14-16-4-5-16/h3,6,13,16-17H,4-5,7-12,14H2,1-2H3,(H2,20,21,23). The number of hydrogen-bond acceptors (Lipinski definition) is 4. The smallest absolute Gasteiger partial charge is 0.191 e. The highest BCUT2D eigenvalue weighted by molar-refractivity contribution is 5.79. The summed E-state index contributed by atoms with van der Waals surface area (Å²) < 4.78 is 5.65. The van der Waals surface area contributed by atoms with E-state index < -0.39 is 0 Å². The van der Waals surface area contributed by atoms with E-state index in [1.165, 1.54) is 18.4 Å². The van der Waals surface area contributed by atoms with Gasteiger partial charge in [-0.25, -0.2) is 4.98 Å². The van der Waals surface area contributed by atoms with Gasteiger partial charge in [-0.05, 0) is 50.2 Å². The number of hydrogen-bond donors (Lipinski definition) is 2. The number of ether oxygens (including phenoxy) is 1. The van der Waals surface area contributed by atoms with Gasteiger partial charge in [-0.1, -0.05) is 6.07 Å². The van der Waals surface area contributed by atoms with E-state index >= 15 is 0 Å². The number of aromatic nitrogens is 1. The van der Waals surface area contributed by atoms with Gasteiger partial charge in [-0.2, -0.15) is 0 Å². The first-order chi connectivity index (χ1) is 12.2. The third-order valence-electron chi connectivity index (χ3n) is 4.87. The van der Waals surface area contributed by atoms with Crippen molar-refractivity contribution in [1.82, 2.24) is 15.6 Å². The molecule has 2 aliphatic rings. The molecule has 2 fully saturated rings. The Labute approximate surface area is 151 Å². The molecule has 1 saturated heterocycles. The summed E-state index contributed by atoms with van der Waals surface area (Å²) in [5, 5.41) is 6.88. The molecule has 1 saturated carbocycles. The molecular weight excluding hydrogens is 314 g/mol. The summed E-state index contributed by atoms with van der Waals surface area (Å²) in [7, 11) is 1.83. The van der Waals surface area contributed by atoms with Crippen LogP contribution in [0.1, 0.15) is 31.2 Å². The highest BCUT2D eigenvalue weighted by atomic mass is 16.5. The van der Waals surface area contributed by atoms with Crippen LogP contribution in [0.2, 0.25) is 0 Å². The number of rotatable bonds is 7. The highest BCUT2D eigenvalue weighted by Gasteiger charge is 2.22. The largest absolute Gasteiger partial charge is 0.379 e. The van der Waals surface area contributed by atoms with Crippen LogP contribution in [0.25, 0.3) is 0 Å². The first-order valence-corrected chi connectivity index (χ1v) is 9.47. The number of aryl methyl sites for hydroxylation is 1. The highest BCUT2D eigenvalue weighted by Crippen LogP contribution is 2.28.